The van der Waals surface area contributed by atoms with Gasteiger partial charge in [-0.15, -0.1) is 0 Å². The molecule has 3 atom stereocenters. The molecule has 2 heteroatoms. The van der Waals surface area contributed by atoms with Gasteiger partial charge < -0.3 is 10.6 Å². The first kappa shape index (κ1) is 14.3. The third-order valence-corrected chi connectivity index (χ3v) is 6.07. The predicted octanol–water partition coefficient (Wildman–Crippen LogP) is 3.12. The summed E-state index contributed by atoms with van der Waals surface area (Å²) in [5.41, 5.74) is 6.66. The maximum Gasteiger partial charge on any atom is 0.00698 e. The summed E-state index contributed by atoms with van der Waals surface area (Å²) in [6, 6.07) is 0.414. The summed E-state index contributed by atoms with van der Waals surface area (Å²) in [7, 11) is 0. The Morgan fingerprint density at radius 1 is 1.06 bits per heavy atom. The molecule has 1 heterocycles. The van der Waals surface area contributed by atoms with Gasteiger partial charge in [0.25, 0.3) is 0 Å². The average molecular weight is 252 g/mol. The first-order valence-corrected chi connectivity index (χ1v) is 7.89. The van der Waals surface area contributed by atoms with E-state index >= 15 is 0 Å². The van der Waals surface area contributed by atoms with Gasteiger partial charge in [-0.3, -0.25) is 0 Å². The second-order valence-corrected chi connectivity index (χ2v) is 7.53. The van der Waals surface area contributed by atoms with E-state index in [1.165, 1.54) is 45.3 Å². The van der Waals surface area contributed by atoms with Crippen LogP contribution in [0.15, 0.2) is 0 Å². The van der Waals surface area contributed by atoms with Crippen molar-refractivity contribution in [1.29, 1.82) is 0 Å². The second kappa shape index (κ2) is 5.50. The first-order chi connectivity index (χ1) is 8.41. The fourth-order valence-corrected chi connectivity index (χ4v) is 3.82. The summed E-state index contributed by atoms with van der Waals surface area (Å²) < 4.78 is 0. The van der Waals surface area contributed by atoms with Crippen LogP contribution in [0.1, 0.15) is 53.4 Å². The molecule has 2 rings (SSSR count). The maximum absolute atomic E-state index is 6.25. The van der Waals surface area contributed by atoms with E-state index in [0.717, 1.165) is 11.8 Å². The molecular formula is C16H32N2. The molecule has 0 amide bonds. The van der Waals surface area contributed by atoms with Crippen LogP contribution in [0.25, 0.3) is 0 Å². The van der Waals surface area contributed by atoms with Crippen LogP contribution in [0.3, 0.4) is 0 Å². The lowest BCUT2D eigenvalue weighted by Gasteiger charge is -2.49. The summed E-state index contributed by atoms with van der Waals surface area (Å²) in [6.45, 7) is 13.6. The van der Waals surface area contributed by atoms with Crippen molar-refractivity contribution in [3.05, 3.63) is 0 Å². The number of hydrogen-bond donors (Lipinski definition) is 1. The predicted molar refractivity (Wildman–Crippen MR) is 78.5 cm³/mol. The van der Waals surface area contributed by atoms with E-state index in [0.29, 0.717) is 17.4 Å². The number of nitrogens with zero attached hydrogens (tertiary/aromatic N) is 1. The highest BCUT2D eigenvalue weighted by Gasteiger charge is 2.42. The molecule has 106 valence electrons. The summed E-state index contributed by atoms with van der Waals surface area (Å²) in [6.07, 6.45) is 5.33. The molecule has 1 saturated heterocycles. The Hall–Kier alpha value is -0.0800. The summed E-state index contributed by atoms with van der Waals surface area (Å²) >= 11 is 0. The Balaban J connectivity index is 1.92. The molecule has 1 saturated carbocycles. The van der Waals surface area contributed by atoms with Crippen LogP contribution in [0.5, 0.6) is 0 Å². The topological polar surface area (TPSA) is 29.3 Å². The van der Waals surface area contributed by atoms with Crippen LogP contribution in [-0.4, -0.2) is 30.6 Å². The van der Waals surface area contributed by atoms with Gasteiger partial charge >= 0.3 is 0 Å². The van der Waals surface area contributed by atoms with Crippen molar-refractivity contribution in [3.63, 3.8) is 0 Å². The average Bonchev–Trinajstić information content (AvgIpc) is 2.33. The molecule has 0 aromatic carbocycles. The number of piperidine rings is 1. The van der Waals surface area contributed by atoms with Crippen LogP contribution in [0, 0.1) is 23.2 Å². The van der Waals surface area contributed by atoms with Gasteiger partial charge in [0.15, 0.2) is 0 Å². The number of rotatable bonds is 2. The van der Waals surface area contributed by atoms with Crippen molar-refractivity contribution >= 4 is 0 Å². The Labute approximate surface area is 113 Å². The van der Waals surface area contributed by atoms with Gasteiger partial charge in [-0.2, -0.15) is 0 Å². The third kappa shape index (κ3) is 2.91. The molecule has 0 radical (unpaired) electrons. The number of nitrogens with two attached hydrogens (primary N) is 1. The molecule has 1 aliphatic heterocycles. The van der Waals surface area contributed by atoms with E-state index in [9.17, 15) is 0 Å². The SMILES string of the molecule is CC1CCN(CC2CCC(N)C(C)C2(C)C)CC1. The van der Waals surface area contributed by atoms with Crippen molar-refractivity contribution in [2.75, 3.05) is 19.6 Å². The quantitative estimate of drug-likeness (QED) is 0.818. The van der Waals surface area contributed by atoms with E-state index in [2.05, 4.69) is 32.6 Å². The van der Waals surface area contributed by atoms with Crippen molar-refractivity contribution in [1.82, 2.24) is 4.90 Å². The number of hydrogen-bond acceptors (Lipinski definition) is 2. The third-order valence-electron chi connectivity index (χ3n) is 6.07. The zero-order valence-corrected chi connectivity index (χ0v) is 12.8. The fourth-order valence-electron chi connectivity index (χ4n) is 3.82. The van der Waals surface area contributed by atoms with Gasteiger partial charge in [0.1, 0.15) is 0 Å². The van der Waals surface area contributed by atoms with E-state index in [1.54, 1.807) is 0 Å². The highest BCUT2D eigenvalue weighted by Crippen LogP contribution is 2.44. The van der Waals surface area contributed by atoms with Crippen molar-refractivity contribution in [2.24, 2.45) is 28.9 Å². The molecule has 1 aliphatic carbocycles. The highest BCUT2D eigenvalue weighted by molar-refractivity contribution is 4.94. The smallest absolute Gasteiger partial charge is 0.00698 e. The normalized spacial score (nSPS) is 38.8. The van der Waals surface area contributed by atoms with Crippen molar-refractivity contribution in [3.8, 4) is 0 Å². The van der Waals surface area contributed by atoms with E-state index in [-0.39, 0.29) is 0 Å². The Bertz CT molecular complexity index is 266. The monoisotopic (exact) mass is 252 g/mol. The molecule has 2 fully saturated rings. The van der Waals surface area contributed by atoms with Gasteiger partial charge in [0.05, 0.1) is 0 Å². The van der Waals surface area contributed by atoms with Crippen LogP contribution >= 0.6 is 0 Å². The van der Waals surface area contributed by atoms with Gasteiger partial charge in [-0.25, -0.2) is 0 Å². The highest BCUT2D eigenvalue weighted by atomic mass is 15.1. The lowest BCUT2D eigenvalue weighted by Crippen LogP contribution is -2.50. The van der Waals surface area contributed by atoms with Gasteiger partial charge in [-0.1, -0.05) is 27.7 Å². The lowest BCUT2D eigenvalue weighted by atomic mass is 9.61. The molecule has 3 unspecified atom stereocenters. The van der Waals surface area contributed by atoms with E-state index < -0.39 is 0 Å². The van der Waals surface area contributed by atoms with Gasteiger partial charge in [0, 0.05) is 12.6 Å². The minimum Gasteiger partial charge on any atom is -0.327 e. The van der Waals surface area contributed by atoms with Crippen LogP contribution in [-0.2, 0) is 0 Å². The minimum absolute atomic E-state index is 0.404. The Morgan fingerprint density at radius 2 is 1.67 bits per heavy atom. The molecule has 2 aliphatic rings. The standard InChI is InChI=1S/C16H32N2/c1-12-7-9-18(10-8-12)11-14-5-6-15(17)13(2)16(14,3)4/h12-15H,5-11,17H2,1-4H3. The van der Waals surface area contributed by atoms with Crippen LogP contribution in [0.4, 0.5) is 0 Å². The van der Waals surface area contributed by atoms with Gasteiger partial charge in [0.2, 0.25) is 0 Å². The molecular weight excluding hydrogens is 220 g/mol. The number of likely N-dealkylation sites (tertiary alicyclic amines) is 1. The molecule has 0 aromatic rings. The van der Waals surface area contributed by atoms with Crippen molar-refractivity contribution < 1.29 is 0 Å². The largest absolute Gasteiger partial charge is 0.327 e. The Kier molecular flexibility index (Phi) is 4.38. The molecule has 0 bridgehead atoms. The lowest BCUT2D eigenvalue weighted by molar-refractivity contribution is 0.0217. The molecule has 2 nitrogen and oxygen atoms in total. The van der Waals surface area contributed by atoms with Crippen molar-refractivity contribution in [2.45, 2.75) is 59.4 Å². The van der Waals surface area contributed by atoms with Gasteiger partial charge in [-0.05, 0) is 61.9 Å². The molecule has 0 aromatic heterocycles. The minimum atomic E-state index is 0.404. The first-order valence-electron chi connectivity index (χ1n) is 7.89. The van der Waals surface area contributed by atoms with E-state index in [4.69, 9.17) is 5.73 Å². The molecule has 18 heavy (non-hydrogen) atoms. The summed E-state index contributed by atoms with van der Waals surface area (Å²) in [5, 5.41) is 0. The summed E-state index contributed by atoms with van der Waals surface area (Å²) in [4.78, 5) is 2.70. The molecule has 2 N–H and O–H groups in total. The maximum atomic E-state index is 6.25. The summed E-state index contributed by atoms with van der Waals surface area (Å²) in [5.74, 6) is 2.42. The Morgan fingerprint density at radius 3 is 2.28 bits per heavy atom. The van der Waals surface area contributed by atoms with Crippen LogP contribution < -0.4 is 5.73 Å². The fraction of sp³-hybridized carbons (Fsp3) is 1.00. The second-order valence-electron chi connectivity index (χ2n) is 7.53. The zero-order chi connectivity index (χ0) is 13.3. The zero-order valence-electron chi connectivity index (χ0n) is 12.8. The molecule has 0 spiro atoms. The van der Waals surface area contributed by atoms with E-state index in [1.807, 2.05) is 0 Å². The van der Waals surface area contributed by atoms with Crippen LogP contribution in [0.2, 0.25) is 0 Å².